The van der Waals surface area contributed by atoms with E-state index in [4.69, 9.17) is 4.74 Å². The van der Waals surface area contributed by atoms with Gasteiger partial charge in [0.2, 0.25) is 0 Å². The van der Waals surface area contributed by atoms with E-state index < -0.39 is 0 Å². The van der Waals surface area contributed by atoms with Crippen LogP contribution < -0.4 is 5.32 Å². The van der Waals surface area contributed by atoms with E-state index in [1.54, 1.807) is 5.32 Å². The van der Waals surface area contributed by atoms with Gasteiger partial charge >= 0.3 is 6.09 Å². The maximum atomic E-state index is 11.3. The molecule has 0 aromatic heterocycles. The molecule has 16 heavy (non-hydrogen) atoms. The topological polar surface area (TPSA) is 42.9 Å². The van der Waals surface area contributed by atoms with Crippen molar-refractivity contribution in [1.29, 1.82) is 0 Å². The van der Waals surface area contributed by atoms with Gasteiger partial charge in [0.25, 0.3) is 0 Å². The number of ether oxygens (including phenoxy) is 1. The minimum atomic E-state index is -0.184. The van der Waals surface area contributed by atoms with Gasteiger partial charge in [0, 0.05) is 0 Å². The predicted molar refractivity (Wildman–Crippen MR) is 64.1 cm³/mol. The molecule has 2 N–H and O–H groups in total. The van der Waals surface area contributed by atoms with Crippen LogP contribution in [0.15, 0.2) is 23.8 Å². The molecule has 0 atom stereocenters. The van der Waals surface area contributed by atoms with Crippen LogP contribution in [0.1, 0.15) is 39.0 Å². The number of hydrogen-bond acceptors (Lipinski definition) is 2. The molecule has 0 aliphatic heterocycles. The van der Waals surface area contributed by atoms with Gasteiger partial charge in [-0.15, -0.1) is 0 Å². The Morgan fingerprint density at radius 3 is 3.00 bits per heavy atom. The summed E-state index contributed by atoms with van der Waals surface area (Å²) in [5.41, 5.74) is 1.11. The summed E-state index contributed by atoms with van der Waals surface area (Å²) in [6, 6.07) is 0. The van der Waals surface area contributed by atoms with Crippen molar-refractivity contribution in [2.24, 2.45) is 0 Å². The van der Waals surface area contributed by atoms with Gasteiger partial charge in [-0.2, -0.15) is 4.79 Å². The summed E-state index contributed by atoms with van der Waals surface area (Å²) in [4.78, 5) is 11.3. The SMILES string of the molecule is CCCCC[NH2+]C(=O)OCC1=CCCC=C1. The van der Waals surface area contributed by atoms with E-state index in [9.17, 15) is 4.79 Å². The van der Waals surface area contributed by atoms with Gasteiger partial charge in [0.05, 0.1) is 6.54 Å². The Bertz CT molecular complexity index is 269. The van der Waals surface area contributed by atoms with Crippen molar-refractivity contribution in [2.45, 2.75) is 39.0 Å². The summed E-state index contributed by atoms with van der Waals surface area (Å²) in [6.45, 7) is 3.40. The molecule has 3 heteroatoms. The Morgan fingerprint density at radius 2 is 2.31 bits per heavy atom. The molecular formula is C13H22NO2+. The number of quaternary nitrogens is 1. The largest absolute Gasteiger partial charge is 0.513 e. The van der Waals surface area contributed by atoms with Crippen LogP contribution in [-0.2, 0) is 4.74 Å². The maximum Gasteiger partial charge on any atom is 0.513 e. The fourth-order valence-electron chi connectivity index (χ4n) is 1.60. The lowest BCUT2D eigenvalue weighted by Crippen LogP contribution is -2.88. The standard InChI is InChI=1S/C13H21NO2/c1-2-3-7-10-14-13(15)16-11-12-8-5-4-6-9-12/h5,8-9H,2-4,6-7,10-11H2,1H3,(H,14,15)/p+1. The van der Waals surface area contributed by atoms with Crippen LogP contribution in [0.2, 0.25) is 0 Å². The quantitative estimate of drug-likeness (QED) is 0.702. The Morgan fingerprint density at radius 1 is 1.44 bits per heavy atom. The van der Waals surface area contributed by atoms with Crippen molar-refractivity contribution in [2.75, 3.05) is 13.2 Å². The third-order valence-corrected chi connectivity index (χ3v) is 2.57. The third-order valence-electron chi connectivity index (χ3n) is 2.57. The van der Waals surface area contributed by atoms with Crippen LogP contribution in [0.4, 0.5) is 4.79 Å². The van der Waals surface area contributed by atoms with Crippen LogP contribution in [0, 0.1) is 0 Å². The molecule has 0 fully saturated rings. The van der Waals surface area contributed by atoms with Crippen molar-refractivity contribution >= 4 is 6.09 Å². The van der Waals surface area contributed by atoms with Crippen molar-refractivity contribution in [3.05, 3.63) is 23.8 Å². The number of unbranched alkanes of at least 4 members (excludes halogenated alkanes) is 2. The van der Waals surface area contributed by atoms with E-state index in [0.717, 1.165) is 31.4 Å². The fourth-order valence-corrected chi connectivity index (χ4v) is 1.60. The van der Waals surface area contributed by atoms with Gasteiger partial charge in [-0.25, -0.2) is 5.32 Å². The average Bonchev–Trinajstić information content (AvgIpc) is 2.33. The second kappa shape index (κ2) is 8.11. The molecule has 0 aromatic rings. The first-order chi connectivity index (χ1) is 7.83. The zero-order chi connectivity index (χ0) is 11.6. The molecule has 0 bridgehead atoms. The molecule has 0 heterocycles. The third kappa shape index (κ3) is 5.71. The molecule has 90 valence electrons. The lowest BCUT2D eigenvalue weighted by molar-refractivity contribution is -0.570. The highest BCUT2D eigenvalue weighted by molar-refractivity contribution is 5.55. The summed E-state index contributed by atoms with van der Waals surface area (Å²) in [5.74, 6) is 0. The number of allylic oxidation sites excluding steroid dienone is 2. The van der Waals surface area contributed by atoms with Crippen molar-refractivity contribution < 1.29 is 14.8 Å². The molecule has 0 radical (unpaired) electrons. The number of carbonyl (C=O) groups excluding carboxylic acids is 1. The first-order valence-corrected chi connectivity index (χ1v) is 6.18. The van der Waals surface area contributed by atoms with Gasteiger partial charge in [0.1, 0.15) is 6.61 Å². The lowest BCUT2D eigenvalue weighted by Gasteiger charge is -2.06. The number of rotatable bonds is 6. The smallest absolute Gasteiger partial charge is 0.415 e. The number of primary amides is 1. The second-order valence-electron chi connectivity index (χ2n) is 4.07. The van der Waals surface area contributed by atoms with Gasteiger partial charge in [-0.1, -0.05) is 31.6 Å². The summed E-state index contributed by atoms with van der Waals surface area (Å²) >= 11 is 0. The Kier molecular flexibility index (Phi) is 6.58. The average molecular weight is 224 g/mol. The molecule has 0 unspecified atom stereocenters. The molecular weight excluding hydrogens is 202 g/mol. The van der Waals surface area contributed by atoms with E-state index in [1.165, 1.54) is 12.8 Å². The lowest BCUT2D eigenvalue weighted by atomic mass is 10.1. The normalized spacial score (nSPS) is 14.7. The van der Waals surface area contributed by atoms with Crippen LogP contribution in [-0.4, -0.2) is 19.2 Å². The summed E-state index contributed by atoms with van der Waals surface area (Å²) in [5, 5.41) is 1.66. The first-order valence-electron chi connectivity index (χ1n) is 6.18. The van der Waals surface area contributed by atoms with Crippen LogP contribution in [0.25, 0.3) is 0 Å². The molecule has 3 nitrogen and oxygen atoms in total. The van der Waals surface area contributed by atoms with E-state index in [0.29, 0.717) is 6.61 Å². The molecule has 1 aliphatic rings. The molecule has 0 saturated heterocycles. The van der Waals surface area contributed by atoms with Gasteiger partial charge in [0.15, 0.2) is 0 Å². The Labute approximate surface area is 97.6 Å². The molecule has 1 rings (SSSR count). The monoisotopic (exact) mass is 224 g/mol. The minimum Gasteiger partial charge on any atom is -0.415 e. The Balaban J connectivity index is 2.05. The number of nitrogens with two attached hydrogens (primary N) is 1. The van der Waals surface area contributed by atoms with E-state index >= 15 is 0 Å². The second-order valence-corrected chi connectivity index (χ2v) is 4.07. The molecule has 0 spiro atoms. The number of carbonyl (C=O) groups is 1. The first kappa shape index (κ1) is 13.0. The van der Waals surface area contributed by atoms with Crippen LogP contribution in [0.5, 0.6) is 0 Å². The predicted octanol–water partition coefficient (Wildman–Crippen LogP) is 2.15. The van der Waals surface area contributed by atoms with E-state index in [1.807, 2.05) is 6.08 Å². The highest BCUT2D eigenvalue weighted by Crippen LogP contribution is 2.09. The summed E-state index contributed by atoms with van der Waals surface area (Å²) in [7, 11) is 0. The summed E-state index contributed by atoms with van der Waals surface area (Å²) in [6.07, 6.45) is 11.7. The van der Waals surface area contributed by atoms with Gasteiger partial charge in [-0.05, 0) is 31.3 Å². The van der Waals surface area contributed by atoms with Crippen LogP contribution in [0.3, 0.4) is 0 Å². The van der Waals surface area contributed by atoms with Crippen molar-refractivity contribution in [3.8, 4) is 0 Å². The van der Waals surface area contributed by atoms with Crippen molar-refractivity contribution in [1.82, 2.24) is 0 Å². The molecule has 1 amide bonds. The zero-order valence-electron chi connectivity index (χ0n) is 10.1. The molecule has 0 aromatic carbocycles. The maximum absolute atomic E-state index is 11.3. The van der Waals surface area contributed by atoms with Crippen LogP contribution >= 0.6 is 0 Å². The highest BCUT2D eigenvalue weighted by Gasteiger charge is 2.07. The zero-order valence-corrected chi connectivity index (χ0v) is 10.1. The summed E-state index contributed by atoms with van der Waals surface area (Å²) < 4.78 is 5.15. The van der Waals surface area contributed by atoms with Gasteiger partial charge in [-0.3, -0.25) is 0 Å². The molecule has 0 saturated carbocycles. The highest BCUT2D eigenvalue weighted by atomic mass is 16.5. The molecule has 1 aliphatic carbocycles. The van der Waals surface area contributed by atoms with E-state index in [-0.39, 0.29) is 6.09 Å². The number of hydrogen-bond donors (Lipinski definition) is 1. The fraction of sp³-hybridized carbons (Fsp3) is 0.615. The van der Waals surface area contributed by atoms with Gasteiger partial charge < -0.3 is 4.74 Å². The van der Waals surface area contributed by atoms with Crippen molar-refractivity contribution in [3.63, 3.8) is 0 Å². The number of amides is 1. The Hall–Kier alpha value is -1.09. The minimum absolute atomic E-state index is 0.184. The van der Waals surface area contributed by atoms with E-state index in [2.05, 4.69) is 19.1 Å².